The molecule has 1 aliphatic heterocycles. The first-order valence-corrected chi connectivity index (χ1v) is 14.0. The quantitative estimate of drug-likeness (QED) is 0.266. The number of aromatic nitrogens is 3. The molecule has 2 aromatic carbocycles. The van der Waals surface area contributed by atoms with Gasteiger partial charge < -0.3 is 14.0 Å². The lowest BCUT2D eigenvalue weighted by Crippen LogP contribution is -2.49. The fraction of sp³-hybridized carbons (Fsp3) is 0.448. The maximum Gasteiger partial charge on any atom is 0.308 e. The smallest absolute Gasteiger partial charge is 0.308 e. The summed E-state index contributed by atoms with van der Waals surface area (Å²) in [6, 6.07) is 8.41. The first kappa shape index (κ1) is 24.3. The highest BCUT2D eigenvalue weighted by Gasteiger charge is 2.56. The van der Waals surface area contributed by atoms with Crippen LogP contribution in [0.15, 0.2) is 34.9 Å². The number of fused-ring (bicyclic) bond motifs is 2. The molecule has 2 aromatic heterocycles. The fourth-order valence-corrected chi connectivity index (χ4v) is 7.77. The van der Waals surface area contributed by atoms with Gasteiger partial charge in [0.2, 0.25) is 0 Å². The van der Waals surface area contributed by atoms with E-state index in [1.165, 1.54) is 30.5 Å². The number of aromatic amines is 1. The lowest BCUT2D eigenvalue weighted by Gasteiger charge is -2.57. The van der Waals surface area contributed by atoms with E-state index in [2.05, 4.69) is 42.8 Å². The van der Waals surface area contributed by atoms with E-state index in [0.717, 1.165) is 60.3 Å². The first-order valence-electron chi connectivity index (χ1n) is 13.2. The lowest BCUT2D eigenvalue weighted by molar-refractivity contribution is -0.159. The molecule has 2 saturated carbocycles. The third-order valence-corrected chi connectivity index (χ3v) is 9.71. The van der Waals surface area contributed by atoms with Gasteiger partial charge in [0.25, 0.3) is 0 Å². The molecule has 7 rings (SSSR count). The van der Waals surface area contributed by atoms with Gasteiger partial charge in [0, 0.05) is 47.4 Å². The van der Waals surface area contributed by atoms with Gasteiger partial charge in [-0.3, -0.25) is 9.89 Å². The number of carbonyl (C=O) groups excluding carboxylic acids is 1. The van der Waals surface area contributed by atoms with E-state index < -0.39 is 11.6 Å². The second kappa shape index (κ2) is 8.88. The Kier molecular flexibility index (Phi) is 5.67. The summed E-state index contributed by atoms with van der Waals surface area (Å²) >= 11 is 3.55. The van der Waals surface area contributed by atoms with Crippen LogP contribution in [0.5, 0.6) is 0 Å². The Bertz CT molecular complexity index is 1580. The Hall–Kier alpha value is -2.78. The Balaban J connectivity index is 1.41. The maximum atomic E-state index is 14.6. The van der Waals surface area contributed by atoms with Gasteiger partial charge in [-0.2, -0.15) is 5.10 Å². The van der Waals surface area contributed by atoms with Crippen LogP contribution >= 0.6 is 15.9 Å². The van der Waals surface area contributed by atoms with E-state index in [1.54, 1.807) is 6.07 Å². The van der Waals surface area contributed by atoms with E-state index in [9.17, 15) is 13.6 Å². The van der Waals surface area contributed by atoms with E-state index in [0.29, 0.717) is 29.4 Å². The van der Waals surface area contributed by atoms with Crippen molar-refractivity contribution in [3.05, 3.63) is 57.8 Å². The molecule has 0 atom stereocenters. The summed E-state index contributed by atoms with van der Waals surface area (Å²) in [5.74, 6) is -1.26. The summed E-state index contributed by atoms with van der Waals surface area (Å²) < 4.78 is 42.1. The molecule has 1 saturated heterocycles. The maximum absolute atomic E-state index is 14.6. The zero-order valence-electron chi connectivity index (χ0n) is 21.0. The van der Waals surface area contributed by atoms with E-state index in [4.69, 9.17) is 9.47 Å². The van der Waals surface area contributed by atoms with Crippen LogP contribution < -0.4 is 0 Å². The van der Waals surface area contributed by atoms with Crippen LogP contribution in [-0.2, 0) is 14.3 Å². The number of hydrogen-bond donors (Lipinski definition) is 1. The van der Waals surface area contributed by atoms with Crippen molar-refractivity contribution in [2.75, 3.05) is 20.3 Å². The first-order chi connectivity index (χ1) is 18.4. The number of methoxy groups -OCH3 is 1. The van der Waals surface area contributed by atoms with Crippen LogP contribution in [0.3, 0.4) is 0 Å². The largest absolute Gasteiger partial charge is 0.469 e. The van der Waals surface area contributed by atoms with Crippen molar-refractivity contribution in [2.24, 2.45) is 11.3 Å². The van der Waals surface area contributed by atoms with Gasteiger partial charge in [-0.15, -0.1) is 0 Å². The van der Waals surface area contributed by atoms with E-state index in [-0.39, 0.29) is 23.2 Å². The summed E-state index contributed by atoms with van der Waals surface area (Å²) in [6.45, 7) is 1.35. The van der Waals surface area contributed by atoms with E-state index in [1.807, 2.05) is 0 Å². The second-order valence-corrected chi connectivity index (χ2v) is 12.0. The van der Waals surface area contributed by atoms with Crippen LogP contribution in [0.4, 0.5) is 8.78 Å². The number of rotatable bonds is 4. The Morgan fingerprint density at radius 1 is 1.08 bits per heavy atom. The summed E-state index contributed by atoms with van der Waals surface area (Å²) in [5.41, 5.74) is 5.16. The molecular formula is C29H28BrF2N3O3. The van der Waals surface area contributed by atoms with Gasteiger partial charge in [0.05, 0.1) is 24.1 Å². The lowest BCUT2D eigenvalue weighted by atomic mass is 9.47. The predicted molar refractivity (Wildman–Crippen MR) is 142 cm³/mol. The molecule has 3 heterocycles. The van der Waals surface area contributed by atoms with Crippen molar-refractivity contribution in [3.8, 4) is 5.69 Å². The number of carbonyl (C=O) groups is 1. The van der Waals surface area contributed by atoms with Crippen molar-refractivity contribution in [1.82, 2.24) is 14.8 Å². The van der Waals surface area contributed by atoms with Crippen LogP contribution in [0.25, 0.3) is 27.5 Å². The van der Waals surface area contributed by atoms with Gasteiger partial charge in [0.1, 0.15) is 4.60 Å². The highest BCUT2D eigenvalue weighted by molar-refractivity contribution is 9.10. The number of nitrogens with zero attached hydrogens (tertiary/aromatic N) is 2. The molecule has 3 fully saturated rings. The SMILES string of the molecule is COC(=O)C1CC2(C1)CC(c1c(C3CCOCC3)n(-c3ccc(F)c(F)c3)c3cc4c(Br)n[nH]c4cc13)C2. The Morgan fingerprint density at radius 2 is 1.84 bits per heavy atom. The summed E-state index contributed by atoms with van der Waals surface area (Å²) in [4.78, 5) is 12.0. The average molecular weight is 584 g/mol. The molecule has 38 heavy (non-hydrogen) atoms. The number of esters is 1. The van der Waals surface area contributed by atoms with Gasteiger partial charge in [0.15, 0.2) is 11.6 Å². The Morgan fingerprint density at radius 3 is 2.55 bits per heavy atom. The Labute approximate surface area is 226 Å². The predicted octanol–water partition coefficient (Wildman–Crippen LogP) is 6.89. The summed E-state index contributed by atoms with van der Waals surface area (Å²) in [5, 5.41) is 9.51. The number of halogens is 3. The highest BCUT2D eigenvalue weighted by atomic mass is 79.9. The molecule has 1 N–H and O–H groups in total. The van der Waals surface area contributed by atoms with Crippen molar-refractivity contribution in [2.45, 2.75) is 50.4 Å². The minimum atomic E-state index is -0.861. The summed E-state index contributed by atoms with van der Waals surface area (Å²) in [6.07, 6.45) is 5.53. The zero-order chi connectivity index (χ0) is 26.2. The van der Waals surface area contributed by atoms with Crippen LogP contribution in [0, 0.1) is 23.0 Å². The van der Waals surface area contributed by atoms with Crippen LogP contribution in [0.1, 0.15) is 61.6 Å². The van der Waals surface area contributed by atoms with Crippen molar-refractivity contribution >= 4 is 43.7 Å². The normalized spacial score (nSPS) is 25.6. The monoisotopic (exact) mass is 583 g/mol. The average Bonchev–Trinajstić information content (AvgIpc) is 3.40. The standard InChI is InChI=1S/C29H28BrF2N3O3/c1-37-28(36)17-13-29(14-17)11-16(12-29)25-20-9-23-19(27(30)34-33-23)10-24(20)35(18-2-3-21(31)22(32)8-18)26(25)15-4-6-38-7-5-15/h2-3,8-10,15-17H,4-7,11-14H2,1H3,(H,33,34). The number of benzene rings is 2. The van der Waals surface area contributed by atoms with Crippen LogP contribution in [-0.4, -0.2) is 41.1 Å². The number of ether oxygens (including phenoxy) is 2. The fourth-order valence-electron chi connectivity index (χ4n) is 7.36. The molecule has 0 unspecified atom stereocenters. The van der Waals surface area contributed by atoms with Gasteiger partial charge in [-0.25, -0.2) is 8.78 Å². The molecule has 9 heteroatoms. The van der Waals surface area contributed by atoms with E-state index >= 15 is 0 Å². The molecular weight excluding hydrogens is 556 g/mol. The molecule has 3 aliphatic rings. The molecule has 0 amide bonds. The topological polar surface area (TPSA) is 69.1 Å². The third-order valence-electron chi connectivity index (χ3n) is 9.11. The molecule has 6 nitrogen and oxygen atoms in total. The minimum absolute atomic E-state index is 0.00131. The zero-order valence-corrected chi connectivity index (χ0v) is 22.6. The highest BCUT2D eigenvalue weighted by Crippen LogP contribution is 2.65. The third kappa shape index (κ3) is 3.65. The van der Waals surface area contributed by atoms with Crippen molar-refractivity contribution in [1.29, 1.82) is 0 Å². The van der Waals surface area contributed by atoms with Gasteiger partial charge in [-0.05, 0) is 95.6 Å². The van der Waals surface area contributed by atoms with Gasteiger partial charge in [-0.1, -0.05) is 0 Å². The molecule has 2 aliphatic carbocycles. The number of hydrogen-bond acceptors (Lipinski definition) is 4. The minimum Gasteiger partial charge on any atom is -0.469 e. The molecule has 4 aromatic rings. The van der Waals surface area contributed by atoms with Crippen molar-refractivity contribution < 1.29 is 23.0 Å². The number of H-pyrrole nitrogens is 1. The van der Waals surface area contributed by atoms with Crippen LogP contribution in [0.2, 0.25) is 0 Å². The van der Waals surface area contributed by atoms with Crippen molar-refractivity contribution in [3.63, 3.8) is 0 Å². The number of nitrogens with one attached hydrogen (secondary N) is 1. The second-order valence-electron chi connectivity index (χ2n) is 11.3. The summed E-state index contributed by atoms with van der Waals surface area (Å²) in [7, 11) is 1.46. The molecule has 0 radical (unpaired) electrons. The van der Waals surface area contributed by atoms with Gasteiger partial charge >= 0.3 is 5.97 Å². The molecule has 1 spiro atoms. The molecule has 0 bridgehead atoms. The molecule has 198 valence electrons.